The molecule has 1 aromatic heterocycles. The number of rotatable bonds is 2. The van der Waals surface area contributed by atoms with E-state index in [4.69, 9.17) is 5.73 Å². The summed E-state index contributed by atoms with van der Waals surface area (Å²) in [6.07, 6.45) is -0.597. The molecule has 76 valence electrons. The highest BCUT2D eigenvalue weighted by Gasteiger charge is 2.01. The lowest BCUT2D eigenvalue weighted by molar-refractivity contribution is 0.173. The average molecular weight is 261 g/mol. The molecule has 0 saturated heterocycles. The van der Waals surface area contributed by atoms with Gasteiger partial charge in [-0.2, -0.15) is 0 Å². The van der Waals surface area contributed by atoms with Crippen molar-refractivity contribution in [1.82, 2.24) is 10.4 Å². The molecule has 1 rings (SSSR count). The van der Waals surface area contributed by atoms with E-state index in [0.29, 0.717) is 16.1 Å². The first-order chi connectivity index (χ1) is 6.63. The van der Waals surface area contributed by atoms with Gasteiger partial charge in [-0.15, -0.1) is 0 Å². The number of anilines is 2. The zero-order valence-corrected chi connectivity index (χ0v) is 8.96. The molecule has 6 nitrogen and oxygen atoms in total. The van der Waals surface area contributed by atoms with E-state index >= 15 is 0 Å². The predicted octanol–water partition coefficient (Wildman–Crippen LogP) is 1.11. The Balaban J connectivity index is 2.60. The van der Waals surface area contributed by atoms with Crippen LogP contribution in [0.1, 0.15) is 0 Å². The van der Waals surface area contributed by atoms with Crippen molar-refractivity contribution >= 4 is 33.5 Å². The molecule has 0 unspecified atom stereocenters. The largest absolute Gasteiger partial charge is 0.452 e. The number of hydrogen-bond acceptors (Lipinski definition) is 5. The van der Waals surface area contributed by atoms with Gasteiger partial charge in [0.1, 0.15) is 10.4 Å². The van der Waals surface area contributed by atoms with Gasteiger partial charge in [0.2, 0.25) is 0 Å². The topological polar surface area (TPSA) is 89.3 Å². The van der Waals surface area contributed by atoms with Crippen molar-refractivity contribution in [2.24, 2.45) is 0 Å². The summed E-state index contributed by atoms with van der Waals surface area (Å²) in [5.74, 6) is 0.455. The normalized spacial score (nSPS) is 9.29. The van der Waals surface area contributed by atoms with E-state index in [9.17, 15) is 4.79 Å². The number of ether oxygens (including phenoxy) is 1. The maximum atomic E-state index is 10.7. The van der Waals surface area contributed by atoms with Crippen LogP contribution >= 0.6 is 15.9 Å². The van der Waals surface area contributed by atoms with Gasteiger partial charge in [0.05, 0.1) is 12.8 Å². The number of methoxy groups -OCH3 is 1. The Morgan fingerprint density at radius 2 is 2.36 bits per heavy atom. The molecule has 0 aliphatic carbocycles. The lowest BCUT2D eigenvalue weighted by Gasteiger charge is -2.06. The molecule has 0 bridgehead atoms. The highest BCUT2D eigenvalue weighted by molar-refractivity contribution is 9.10. The standard InChI is InChI=1S/C7H9BrN4O2/c1-14-7(13)12-11-5-3-2-4(9)6(8)10-5/h2-3H,9H2,1H3,(H,10,11)(H,12,13). The minimum Gasteiger partial charge on any atom is -0.452 e. The number of nitrogens with zero attached hydrogens (tertiary/aromatic N) is 1. The van der Waals surface area contributed by atoms with Crippen molar-refractivity contribution in [3.8, 4) is 0 Å². The second-order valence-electron chi connectivity index (χ2n) is 2.32. The van der Waals surface area contributed by atoms with Gasteiger partial charge in [-0.05, 0) is 28.1 Å². The van der Waals surface area contributed by atoms with Gasteiger partial charge in [-0.1, -0.05) is 0 Å². The molecule has 0 atom stereocenters. The Bertz CT molecular complexity index is 344. The molecule has 0 spiro atoms. The van der Waals surface area contributed by atoms with Crippen molar-refractivity contribution in [3.05, 3.63) is 16.7 Å². The zero-order valence-electron chi connectivity index (χ0n) is 7.37. The highest BCUT2D eigenvalue weighted by atomic mass is 79.9. The molecule has 0 saturated carbocycles. The number of nitrogens with one attached hydrogen (secondary N) is 2. The fourth-order valence-electron chi connectivity index (χ4n) is 0.681. The zero-order chi connectivity index (χ0) is 10.6. The first-order valence-corrected chi connectivity index (χ1v) is 4.45. The van der Waals surface area contributed by atoms with Crippen LogP contribution in [0.5, 0.6) is 0 Å². The first kappa shape index (κ1) is 10.6. The van der Waals surface area contributed by atoms with Crippen molar-refractivity contribution in [3.63, 3.8) is 0 Å². The number of nitrogens with two attached hydrogens (primary N) is 1. The van der Waals surface area contributed by atoms with Crippen molar-refractivity contribution in [1.29, 1.82) is 0 Å². The van der Waals surface area contributed by atoms with Gasteiger partial charge in [0.25, 0.3) is 0 Å². The average Bonchev–Trinajstić information content (AvgIpc) is 2.19. The molecule has 7 heteroatoms. The molecule has 0 aliphatic heterocycles. The monoisotopic (exact) mass is 260 g/mol. The Kier molecular flexibility index (Phi) is 3.52. The molecular weight excluding hydrogens is 252 g/mol. The fraction of sp³-hybridized carbons (Fsp3) is 0.143. The summed E-state index contributed by atoms with van der Waals surface area (Å²) in [7, 11) is 1.27. The van der Waals surface area contributed by atoms with Gasteiger partial charge in [-0.25, -0.2) is 15.2 Å². The second-order valence-corrected chi connectivity index (χ2v) is 3.07. The lowest BCUT2D eigenvalue weighted by Crippen LogP contribution is -2.29. The quantitative estimate of drug-likeness (QED) is 0.548. The molecule has 1 aromatic rings. The molecule has 1 heterocycles. The molecular formula is C7H9BrN4O2. The Morgan fingerprint density at radius 1 is 1.64 bits per heavy atom. The maximum absolute atomic E-state index is 10.7. The number of hydrogen-bond donors (Lipinski definition) is 3. The van der Waals surface area contributed by atoms with Gasteiger partial charge in [0.15, 0.2) is 0 Å². The van der Waals surface area contributed by atoms with E-state index in [0.717, 1.165) is 0 Å². The summed E-state index contributed by atoms with van der Waals surface area (Å²) < 4.78 is 4.86. The van der Waals surface area contributed by atoms with E-state index in [2.05, 4.69) is 36.5 Å². The summed E-state index contributed by atoms with van der Waals surface area (Å²) in [4.78, 5) is 14.7. The number of hydrazine groups is 1. The van der Waals surface area contributed by atoms with Gasteiger partial charge < -0.3 is 10.5 Å². The third kappa shape index (κ3) is 2.77. The molecule has 0 fully saturated rings. The van der Waals surface area contributed by atoms with Crippen LogP contribution in [0.4, 0.5) is 16.3 Å². The predicted molar refractivity (Wildman–Crippen MR) is 55.5 cm³/mol. The number of halogens is 1. The van der Waals surface area contributed by atoms with Gasteiger partial charge in [0, 0.05) is 0 Å². The van der Waals surface area contributed by atoms with Crippen LogP contribution in [0.15, 0.2) is 16.7 Å². The number of carbonyl (C=O) groups is 1. The van der Waals surface area contributed by atoms with Crippen LogP contribution in [0.2, 0.25) is 0 Å². The van der Waals surface area contributed by atoms with E-state index in [1.54, 1.807) is 12.1 Å². The van der Waals surface area contributed by atoms with Gasteiger partial charge in [-0.3, -0.25) is 5.43 Å². The van der Waals surface area contributed by atoms with Crippen molar-refractivity contribution in [2.75, 3.05) is 18.3 Å². The maximum Gasteiger partial charge on any atom is 0.425 e. The minimum absolute atomic E-state index is 0.455. The van der Waals surface area contributed by atoms with Crippen LogP contribution < -0.4 is 16.6 Å². The SMILES string of the molecule is COC(=O)NNc1ccc(N)c(Br)n1. The summed E-state index contributed by atoms with van der Waals surface area (Å²) in [6.45, 7) is 0. The number of amides is 1. The Labute approximate surface area is 88.9 Å². The smallest absolute Gasteiger partial charge is 0.425 e. The molecule has 4 N–H and O–H groups in total. The fourth-order valence-corrected chi connectivity index (χ4v) is 1.00. The molecule has 1 amide bonds. The summed E-state index contributed by atoms with van der Waals surface area (Å²) in [5, 5.41) is 0. The minimum atomic E-state index is -0.597. The Hall–Kier alpha value is -1.50. The van der Waals surface area contributed by atoms with E-state index in [1.165, 1.54) is 7.11 Å². The van der Waals surface area contributed by atoms with Crippen LogP contribution in [0, 0.1) is 0 Å². The third-order valence-corrected chi connectivity index (χ3v) is 1.99. The summed E-state index contributed by atoms with van der Waals surface area (Å²) in [5.41, 5.74) is 10.8. The third-order valence-electron chi connectivity index (χ3n) is 1.36. The second kappa shape index (κ2) is 4.66. The van der Waals surface area contributed by atoms with Crippen LogP contribution in [0.3, 0.4) is 0 Å². The number of pyridine rings is 1. The Morgan fingerprint density at radius 3 is 2.93 bits per heavy atom. The lowest BCUT2D eigenvalue weighted by atomic mass is 10.4. The van der Waals surface area contributed by atoms with E-state index in [-0.39, 0.29) is 0 Å². The van der Waals surface area contributed by atoms with Crippen molar-refractivity contribution in [2.45, 2.75) is 0 Å². The number of nitrogen functional groups attached to an aromatic ring is 1. The van der Waals surface area contributed by atoms with Crippen LogP contribution in [0.25, 0.3) is 0 Å². The van der Waals surface area contributed by atoms with Crippen LogP contribution in [-0.2, 0) is 4.74 Å². The van der Waals surface area contributed by atoms with Crippen molar-refractivity contribution < 1.29 is 9.53 Å². The molecule has 14 heavy (non-hydrogen) atoms. The number of aromatic nitrogens is 1. The van der Waals surface area contributed by atoms with Gasteiger partial charge >= 0.3 is 6.09 Å². The van der Waals surface area contributed by atoms with Crippen LogP contribution in [-0.4, -0.2) is 18.2 Å². The first-order valence-electron chi connectivity index (χ1n) is 3.65. The van der Waals surface area contributed by atoms with E-state index in [1.807, 2.05) is 0 Å². The summed E-state index contributed by atoms with van der Waals surface area (Å²) in [6, 6.07) is 3.27. The number of carbonyl (C=O) groups excluding carboxylic acids is 1. The highest BCUT2D eigenvalue weighted by Crippen LogP contribution is 2.17. The molecule has 0 aromatic carbocycles. The molecule has 0 aliphatic rings. The van der Waals surface area contributed by atoms with E-state index < -0.39 is 6.09 Å². The summed E-state index contributed by atoms with van der Waals surface area (Å²) >= 11 is 3.15. The molecule has 0 radical (unpaired) electrons.